The van der Waals surface area contributed by atoms with E-state index in [1.807, 2.05) is 24.3 Å². The third-order valence-electron chi connectivity index (χ3n) is 6.57. The van der Waals surface area contributed by atoms with Crippen LogP contribution in [0.4, 0.5) is 16.2 Å². The van der Waals surface area contributed by atoms with Gasteiger partial charge in [0.1, 0.15) is 11.9 Å². The zero-order valence-electron chi connectivity index (χ0n) is 19.9. The maximum Gasteiger partial charge on any atom is 0.509 e. The van der Waals surface area contributed by atoms with Gasteiger partial charge in [-0.2, -0.15) is 0 Å². The molecule has 0 saturated carbocycles. The van der Waals surface area contributed by atoms with Crippen LogP contribution in [-0.2, 0) is 25.4 Å². The van der Waals surface area contributed by atoms with E-state index in [-0.39, 0.29) is 5.69 Å². The van der Waals surface area contributed by atoms with E-state index in [0.717, 1.165) is 5.56 Å². The number of benzene rings is 2. The van der Waals surface area contributed by atoms with Crippen molar-refractivity contribution >= 4 is 17.5 Å². The molecule has 11 nitrogen and oxygen atoms in total. The molecule has 0 radical (unpaired) electrons. The highest BCUT2D eigenvalue weighted by Crippen LogP contribution is 2.49. The van der Waals surface area contributed by atoms with Crippen LogP contribution >= 0.6 is 0 Å². The Labute approximate surface area is 202 Å². The number of carbonyl (C=O) groups is 1. The SMILES string of the molecule is COC(=O)O[C@@H]1CCc2ccccc2N1[C@@H]1c2cc([N+](=O)[O-])ccc2O[C@](C)(C(OC)OC)[C@H]1O. The lowest BCUT2D eigenvalue weighted by Gasteiger charge is -2.52. The van der Waals surface area contributed by atoms with E-state index in [4.69, 9.17) is 23.7 Å². The normalized spacial score (nSPS) is 25.3. The summed E-state index contributed by atoms with van der Waals surface area (Å²) < 4.78 is 27.4. The van der Waals surface area contributed by atoms with Crippen molar-refractivity contribution in [2.45, 2.75) is 50.0 Å². The van der Waals surface area contributed by atoms with Crippen molar-refractivity contribution in [1.29, 1.82) is 0 Å². The Hall–Kier alpha value is -3.41. The molecule has 1 N–H and O–H groups in total. The standard InChI is InChI=1S/C24H28N2O9/c1-24(22(31-2)32-3)21(27)20(16-13-15(26(29)30)10-11-18(16)35-24)25-17-8-6-5-7-14(17)9-12-19(25)34-23(28)33-4/h5-8,10-11,13,19-22,27H,9,12H2,1-4H3/t19-,20-,21+,24+/m1/s1. The average Bonchev–Trinajstić information content (AvgIpc) is 2.85. The molecule has 0 aliphatic carbocycles. The number of hydrogen-bond acceptors (Lipinski definition) is 10. The summed E-state index contributed by atoms with van der Waals surface area (Å²) in [5.41, 5.74) is 0.466. The van der Waals surface area contributed by atoms with Gasteiger partial charge in [0.15, 0.2) is 18.1 Å². The fraction of sp³-hybridized carbons (Fsp3) is 0.458. The number of hydrogen-bond donors (Lipinski definition) is 1. The quantitative estimate of drug-likeness (QED) is 0.280. The first-order chi connectivity index (χ1) is 16.7. The van der Waals surface area contributed by atoms with Crippen LogP contribution in [0.2, 0.25) is 0 Å². The zero-order chi connectivity index (χ0) is 25.3. The van der Waals surface area contributed by atoms with Gasteiger partial charge < -0.3 is 33.7 Å². The molecule has 0 spiro atoms. The molecule has 4 rings (SSSR count). The molecule has 0 bridgehead atoms. The number of nitrogens with zero attached hydrogens (tertiary/aromatic N) is 2. The number of anilines is 1. The second-order valence-electron chi connectivity index (χ2n) is 8.56. The van der Waals surface area contributed by atoms with Gasteiger partial charge in [-0.25, -0.2) is 4.79 Å². The number of aliphatic hydroxyl groups is 1. The zero-order valence-corrected chi connectivity index (χ0v) is 19.9. The molecule has 2 aliphatic rings. The molecule has 2 aromatic rings. The van der Waals surface area contributed by atoms with E-state index < -0.39 is 41.3 Å². The number of nitro groups is 1. The van der Waals surface area contributed by atoms with Crippen LogP contribution in [0.1, 0.15) is 30.5 Å². The van der Waals surface area contributed by atoms with Crippen molar-refractivity contribution in [3.05, 3.63) is 63.7 Å². The molecule has 0 aromatic heterocycles. The van der Waals surface area contributed by atoms with Gasteiger partial charge in [-0.05, 0) is 31.0 Å². The van der Waals surface area contributed by atoms with E-state index >= 15 is 0 Å². The maximum absolute atomic E-state index is 12.1. The number of carbonyl (C=O) groups excluding carboxylic acids is 1. The van der Waals surface area contributed by atoms with E-state index in [0.29, 0.717) is 29.8 Å². The van der Waals surface area contributed by atoms with Crippen LogP contribution < -0.4 is 9.64 Å². The summed E-state index contributed by atoms with van der Waals surface area (Å²) in [5, 5.41) is 23.4. The van der Waals surface area contributed by atoms with Crippen LogP contribution in [0.15, 0.2) is 42.5 Å². The van der Waals surface area contributed by atoms with Crippen LogP contribution in [0.5, 0.6) is 5.75 Å². The molecule has 2 heterocycles. The maximum atomic E-state index is 12.1. The van der Waals surface area contributed by atoms with Crippen molar-refractivity contribution in [3.63, 3.8) is 0 Å². The molecule has 11 heteroatoms. The van der Waals surface area contributed by atoms with Gasteiger partial charge in [-0.15, -0.1) is 0 Å². The summed E-state index contributed by atoms with van der Waals surface area (Å²) in [6.45, 7) is 1.64. The molecule has 35 heavy (non-hydrogen) atoms. The number of aryl methyl sites for hydroxylation is 1. The second-order valence-corrected chi connectivity index (χ2v) is 8.56. The van der Waals surface area contributed by atoms with Crippen molar-refractivity contribution in [3.8, 4) is 5.75 Å². The first kappa shape index (κ1) is 24.7. The predicted octanol–water partition coefficient (Wildman–Crippen LogP) is 3.33. The highest BCUT2D eigenvalue weighted by Gasteiger charge is 2.55. The van der Waals surface area contributed by atoms with Crippen molar-refractivity contribution < 1.29 is 38.5 Å². The largest absolute Gasteiger partial charge is 0.509 e. The van der Waals surface area contributed by atoms with Gasteiger partial charge in [0, 0.05) is 44.0 Å². The third-order valence-corrected chi connectivity index (χ3v) is 6.57. The van der Waals surface area contributed by atoms with Gasteiger partial charge in [-0.3, -0.25) is 10.1 Å². The minimum absolute atomic E-state index is 0.168. The summed E-state index contributed by atoms with van der Waals surface area (Å²) in [6.07, 6.45) is -2.98. The molecule has 2 aliphatic heterocycles. The Morgan fingerprint density at radius 3 is 2.60 bits per heavy atom. The van der Waals surface area contributed by atoms with Gasteiger partial charge in [0.2, 0.25) is 0 Å². The smallest absolute Gasteiger partial charge is 0.479 e. The number of nitro benzene ring substituents is 1. The van der Waals surface area contributed by atoms with E-state index in [9.17, 15) is 20.0 Å². The monoisotopic (exact) mass is 488 g/mol. The molecule has 0 saturated heterocycles. The van der Waals surface area contributed by atoms with Crippen LogP contribution in [0.25, 0.3) is 0 Å². The van der Waals surface area contributed by atoms with E-state index in [2.05, 4.69) is 0 Å². The number of aliphatic hydroxyl groups excluding tert-OH is 1. The fourth-order valence-electron chi connectivity index (χ4n) is 4.96. The van der Waals surface area contributed by atoms with Gasteiger partial charge in [0.05, 0.1) is 18.1 Å². The number of ether oxygens (including phenoxy) is 5. The third kappa shape index (κ3) is 4.26. The van der Waals surface area contributed by atoms with Crippen LogP contribution in [0.3, 0.4) is 0 Å². The topological polar surface area (TPSA) is 130 Å². The minimum atomic E-state index is -1.42. The van der Waals surface area contributed by atoms with Crippen LogP contribution in [0, 0.1) is 10.1 Å². The van der Waals surface area contributed by atoms with Gasteiger partial charge >= 0.3 is 6.16 Å². The Morgan fingerprint density at radius 2 is 1.94 bits per heavy atom. The highest BCUT2D eigenvalue weighted by molar-refractivity contribution is 5.64. The molecular weight excluding hydrogens is 460 g/mol. The van der Waals surface area contributed by atoms with Crippen LogP contribution in [-0.4, -0.2) is 61.7 Å². The van der Waals surface area contributed by atoms with Gasteiger partial charge in [-0.1, -0.05) is 18.2 Å². The average molecular weight is 488 g/mol. The van der Waals surface area contributed by atoms with Crippen molar-refractivity contribution in [2.75, 3.05) is 26.2 Å². The Kier molecular flexibility index (Phi) is 6.84. The summed E-state index contributed by atoms with van der Waals surface area (Å²) in [4.78, 5) is 25.0. The number of para-hydroxylation sites is 1. The summed E-state index contributed by atoms with van der Waals surface area (Å²) in [7, 11) is 4.06. The molecule has 0 fully saturated rings. The predicted molar refractivity (Wildman–Crippen MR) is 123 cm³/mol. The number of rotatable bonds is 6. The van der Waals surface area contributed by atoms with Crippen molar-refractivity contribution in [1.82, 2.24) is 0 Å². The lowest BCUT2D eigenvalue weighted by molar-refractivity contribution is -0.385. The molecule has 0 amide bonds. The summed E-state index contributed by atoms with van der Waals surface area (Å²) >= 11 is 0. The summed E-state index contributed by atoms with van der Waals surface area (Å²) in [5.74, 6) is 0.312. The molecular formula is C24H28N2O9. The van der Waals surface area contributed by atoms with Gasteiger partial charge in [0.25, 0.3) is 5.69 Å². The number of fused-ring (bicyclic) bond motifs is 2. The fourth-order valence-corrected chi connectivity index (χ4v) is 4.96. The lowest BCUT2D eigenvalue weighted by Crippen LogP contribution is -2.63. The number of methoxy groups -OCH3 is 3. The molecule has 2 aromatic carbocycles. The molecule has 0 unspecified atom stereocenters. The second kappa shape index (κ2) is 9.68. The minimum Gasteiger partial charge on any atom is -0.479 e. The Balaban J connectivity index is 1.94. The van der Waals surface area contributed by atoms with E-state index in [1.165, 1.54) is 39.5 Å². The Morgan fingerprint density at radius 1 is 1.23 bits per heavy atom. The van der Waals surface area contributed by atoms with Crippen molar-refractivity contribution in [2.24, 2.45) is 0 Å². The first-order valence-corrected chi connectivity index (χ1v) is 11.1. The number of non-ortho nitro benzene ring substituents is 1. The highest BCUT2D eigenvalue weighted by atomic mass is 16.7. The first-order valence-electron chi connectivity index (χ1n) is 11.1. The summed E-state index contributed by atoms with van der Waals surface area (Å²) in [6, 6.07) is 10.8. The molecule has 4 atom stereocenters. The van der Waals surface area contributed by atoms with E-state index in [1.54, 1.807) is 11.8 Å². The Bertz CT molecular complexity index is 1110. The lowest BCUT2D eigenvalue weighted by atomic mass is 9.82. The molecule has 188 valence electrons.